The molecule has 1 saturated heterocycles. The number of nitroso groups, excluding NO2 is 1. The molecule has 4 rings (SSSR count). The van der Waals surface area contributed by atoms with Gasteiger partial charge in [0.25, 0.3) is 10.0 Å². The van der Waals surface area contributed by atoms with Crippen LogP contribution in [-0.2, 0) is 10.0 Å². The number of sulfonamides is 1. The molecule has 8 nitrogen and oxygen atoms in total. The van der Waals surface area contributed by atoms with Crippen LogP contribution in [-0.4, -0.2) is 39.6 Å². The fourth-order valence-electron chi connectivity index (χ4n) is 4.22. The number of nitrogens with one attached hydrogen (secondary N) is 1. The Morgan fingerprint density at radius 2 is 1.71 bits per heavy atom. The van der Waals surface area contributed by atoms with Gasteiger partial charge in [-0.15, -0.1) is 21.1 Å². The summed E-state index contributed by atoms with van der Waals surface area (Å²) in [5.41, 5.74) is 8.47. The second-order valence-electron chi connectivity index (χ2n) is 10.0. The van der Waals surface area contributed by atoms with Gasteiger partial charge in [-0.2, -0.15) is 8.42 Å². The van der Waals surface area contributed by atoms with E-state index >= 15 is 0 Å². The lowest BCUT2D eigenvalue weighted by atomic mass is 9.82. The van der Waals surface area contributed by atoms with Crippen LogP contribution in [0.1, 0.15) is 32.3 Å². The zero-order chi connectivity index (χ0) is 27.2. The second kappa shape index (κ2) is 12.0. The monoisotopic (exact) mass is 551 g/mol. The lowest BCUT2D eigenvalue weighted by Gasteiger charge is -2.38. The highest BCUT2D eigenvalue weighted by Crippen LogP contribution is 2.32. The maximum atomic E-state index is 12.9. The van der Waals surface area contributed by atoms with E-state index in [1.807, 2.05) is 42.5 Å². The first-order valence-electron chi connectivity index (χ1n) is 12.5. The molecule has 1 heterocycles. The van der Waals surface area contributed by atoms with E-state index in [1.54, 1.807) is 23.9 Å². The SMILES string of the molecule is CC1(C)CCN(c2ccc(C(N)=NS(=O)(=O)c3ccc(NCCSc4ccccc4)c(N=O)c3)cc2)CC1. The third-order valence-corrected chi connectivity index (χ3v) is 8.96. The molecule has 200 valence electrons. The molecule has 0 atom stereocenters. The summed E-state index contributed by atoms with van der Waals surface area (Å²) in [5, 5.41) is 6.16. The van der Waals surface area contributed by atoms with E-state index in [1.165, 1.54) is 18.2 Å². The molecule has 10 heteroatoms. The van der Waals surface area contributed by atoms with Gasteiger partial charge in [0, 0.05) is 41.5 Å². The first-order valence-corrected chi connectivity index (χ1v) is 14.9. The Bertz CT molecular complexity index is 1380. The van der Waals surface area contributed by atoms with Crippen LogP contribution in [0.4, 0.5) is 17.1 Å². The van der Waals surface area contributed by atoms with Crippen LogP contribution in [0.2, 0.25) is 0 Å². The highest BCUT2D eigenvalue weighted by Gasteiger charge is 2.25. The summed E-state index contributed by atoms with van der Waals surface area (Å²) in [7, 11) is -4.14. The average Bonchev–Trinajstić information content (AvgIpc) is 2.91. The van der Waals surface area contributed by atoms with E-state index in [-0.39, 0.29) is 16.4 Å². The summed E-state index contributed by atoms with van der Waals surface area (Å²) in [6, 6.07) is 21.5. The largest absolute Gasteiger partial charge is 0.383 e. The Morgan fingerprint density at radius 3 is 2.37 bits per heavy atom. The van der Waals surface area contributed by atoms with Crippen LogP contribution in [0.15, 0.2) is 92.2 Å². The first-order chi connectivity index (χ1) is 18.2. The van der Waals surface area contributed by atoms with E-state index in [0.717, 1.165) is 42.3 Å². The van der Waals surface area contributed by atoms with Crippen LogP contribution in [0.5, 0.6) is 0 Å². The molecule has 0 spiro atoms. The maximum Gasteiger partial charge on any atom is 0.284 e. The molecule has 0 aliphatic carbocycles. The highest BCUT2D eigenvalue weighted by atomic mass is 32.2. The summed E-state index contributed by atoms with van der Waals surface area (Å²) in [5.74, 6) is 0.648. The molecule has 0 radical (unpaired) electrons. The second-order valence-corrected chi connectivity index (χ2v) is 12.8. The van der Waals surface area contributed by atoms with Crippen LogP contribution in [0, 0.1) is 10.3 Å². The number of nitrogens with two attached hydrogens (primary N) is 1. The van der Waals surface area contributed by atoms with Gasteiger partial charge >= 0.3 is 0 Å². The van der Waals surface area contributed by atoms with E-state index in [4.69, 9.17) is 5.73 Å². The molecule has 3 aromatic rings. The topological polar surface area (TPSA) is 117 Å². The van der Waals surface area contributed by atoms with E-state index in [9.17, 15) is 13.3 Å². The molecule has 0 aromatic heterocycles. The van der Waals surface area contributed by atoms with Gasteiger partial charge < -0.3 is 16.0 Å². The number of piperidine rings is 1. The molecule has 0 unspecified atom stereocenters. The van der Waals surface area contributed by atoms with E-state index in [2.05, 4.69) is 33.6 Å². The fourth-order valence-corrected chi connectivity index (χ4v) is 5.98. The number of rotatable bonds is 10. The smallest absolute Gasteiger partial charge is 0.284 e. The van der Waals surface area contributed by atoms with Gasteiger partial charge in [0.1, 0.15) is 11.5 Å². The Kier molecular flexibility index (Phi) is 8.73. The summed E-state index contributed by atoms with van der Waals surface area (Å²) in [4.78, 5) is 14.8. The van der Waals surface area contributed by atoms with Gasteiger partial charge in [0.2, 0.25) is 0 Å². The first kappa shape index (κ1) is 27.7. The quantitative estimate of drug-likeness (QED) is 0.104. The molecule has 0 saturated carbocycles. The molecular formula is C28H33N5O3S2. The number of benzene rings is 3. The number of nitrogens with zero attached hydrogens (tertiary/aromatic N) is 3. The van der Waals surface area contributed by atoms with Gasteiger partial charge in [-0.05, 0) is 78.0 Å². The highest BCUT2D eigenvalue weighted by molar-refractivity contribution is 7.99. The average molecular weight is 552 g/mol. The zero-order valence-electron chi connectivity index (χ0n) is 21.6. The summed E-state index contributed by atoms with van der Waals surface area (Å²) < 4.78 is 29.7. The summed E-state index contributed by atoms with van der Waals surface area (Å²) in [6.07, 6.45) is 2.24. The van der Waals surface area contributed by atoms with Crippen molar-refractivity contribution in [2.24, 2.45) is 20.7 Å². The van der Waals surface area contributed by atoms with Gasteiger partial charge in [0.15, 0.2) is 0 Å². The van der Waals surface area contributed by atoms with Crippen molar-refractivity contribution in [1.82, 2.24) is 0 Å². The maximum absolute atomic E-state index is 12.9. The van der Waals surface area contributed by atoms with Crippen LogP contribution in [0.3, 0.4) is 0 Å². The van der Waals surface area contributed by atoms with Crippen molar-refractivity contribution in [1.29, 1.82) is 0 Å². The van der Waals surface area contributed by atoms with Crippen LogP contribution < -0.4 is 16.0 Å². The fraction of sp³-hybridized carbons (Fsp3) is 0.321. The van der Waals surface area contributed by atoms with E-state index in [0.29, 0.717) is 23.2 Å². The van der Waals surface area contributed by atoms with Crippen molar-refractivity contribution >= 4 is 44.7 Å². The van der Waals surface area contributed by atoms with Crippen LogP contribution >= 0.6 is 11.8 Å². The molecule has 1 aliphatic rings. The van der Waals surface area contributed by atoms with Gasteiger partial charge in [-0.25, -0.2) is 0 Å². The Labute approximate surface area is 228 Å². The predicted octanol–water partition coefficient (Wildman–Crippen LogP) is 6.01. The molecule has 0 amide bonds. The molecule has 3 N–H and O–H groups in total. The lowest BCUT2D eigenvalue weighted by molar-refractivity contribution is 0.280. The van der Waals surface area contributed by atoms with Crippen molar-refractivity contribution in [3.05, 3.63) is 83.3 Å². The Balaban J connectivity index is 1.41. The lowest BCUT2D eigenvalue weighted by Crippen LogP contribution is -2.37. The van der Waals surface area contributed by atoms with Crippen molar-refractivity contribution in [2.45, 2.75) is 36.5 Å². The van der Waals surface area contributed by atoms with Crippen LogP contribution in [0.25, 0.3) is 0 Å². The zero-order valence-corrected chi connectivity index (χ0v) is 23.3. The molecular weight excluding hydrogens is 518 g/mol. The normalized spacial score (nSPS) is 15.7. The molecule has 1 aliphatic heterocycles. The summed E-state index contributed by atoms with van der Waals surface area (Å²) >= 11 is 1.67. The number of anilines is 2. The van der Waals surface area contributed by atoms with Crippen molar-refractivity contribution < 1.29 is 8.42 Å². The summed E-state index contributed by atoms with van der Waals surface area (Å²) in [6.45, 7) is 7.11. The number of amidine groups is 1. The predicted molar refractivity (Wildman–Crippen MR) is 157 cm³/mol. The number of hydrogen-bond acceptors (Lipinski definition) is 7. The minimum absolute atomic E-state index is 0.00128. The third-order valence-electron chi connectivity index (χ3n) is 6.66. The standard InChI is InChI=1S/C28H33N5O3S2/c1-28(2)14-17-33(18-15-28)22-10-8-21(9-11-22)27(29)32-38(35,36)24-12-13-25(26(20-24)31-34)30-16-19-37-23-6-4-3-5-7-23/h3-13,20,30H,14-19H2,1-2H3,(H2,29,32). The minimum Gasteiger partial charge on any atom is -0.383 e. The van der Waals surface area contributed by atoms with E-state index < -0.39 is 10.0 Å². The third kappa shape index (κ3) is 7.14. The molecule has 0 bridgehead atoms. The van der Waals surface area contributed by atoms with Gasteiger partial charge in [0.05, 0.1) is 10.6 Å². The molecule has 38 heavy (non-hydrogen) atoms. The van der Waals surface area contributed by atoms with Crippen molar-refractivity contribution in [3.63, 3.8) is 0 Å². The minimum atomic E-state index is -4.14. The van der Waals surface area contributed by atoms with Gasteiger partial charge in [-0.3, -0.25) is 0 Å². The van der Waals surface area contributed by atoms with Gasteiger partial charge in [-0.1, -0.05) is 32.0 Å². The molecule has 3 aromatic carbocycles. The number of thioether (sulfide) groups is 1. The molecule has 1 fully saturated rings. The number of hydrogen-bond donors (Lipinski definition) is 2. The van der Waals surface area contributed by atoms with Crippen molar-refractivity contribution in [3.8, 4) is 0 Å². The Morgan fingerprint density at radius 1 is 1.03 bits per heavy atom. The van der Waals surface area contributed by atoms with Crippen molar-refractivity contribution in [2.75, 3.05) is 35.6 Å². The Hall–Kier alpha value is -3.37.